The number of nitriles is 1. The van der Waals surface area contributed by atoms with E-state index in [1.165, 1.54) is 44.7 Å². The second-order valence-electron chi connectivity index (χ2n) is 9.41. The molecular weight excluding hydrogens is 362 g/mol. The molecule has 5 rings (SSSR count). The topological polar surface area (TPSA) is 99.1 Å². The maximum atomic E-state index is 12.6. The minimum atomic E-state index is -2.99. The van der Waals surface area contributed by atoms with E-state index in [1.54, 1.807) is 0 Å². The predicted octanol–water partition coefficient (Wildman–Crippen LogP) is 1.89. The Morgan fingerprint density at radius 1 is 1.19 bits per heavy atom. The molecule has 7 heteroatoms. The van der Waals surface area contributed by atoms with Crippen LogP contribution in [0.2, 0.25) is 0 Å². The Labute approximate surface area is 161 Å². The first kappa shape index (κ1) is 18.8. The third kappa shape index (κ3) is 3.73. The number of sulfone groups is 1. The van der Waals surface area contributed by atoms with Crippen LogP contribution in [0.4, 0.5) is 0 Å². The number of nitrogens with one attached hydrogen (secondary N) is 2. The SMILES string of the molecule is CC(NC(=O)/C(C#N)=C\NC1CCS(=O)(=O)C1)C12CC3CC(CC(C3)C1)C2. The molecule has 0 aromatic rings. The minimum Gasteiger partial charge on any atom is -0.386 e. The molecule has 5 aliphatic rings. The van der Waals surface area contributed by atoms with E-state index in [0.29, 0.717) is 6.42 Å². The summed E-state index contributed by atoms with van der Waals surface area (Å²) in [5.74, 6) is 2.31. The van der Waals surface area contributed by atoms with Gasteiger partial charge >= 0.3 is 0 Å². The zero-order chi connectivity index (χ0) is 19.2. The van der Waals surface area contributed by atoms with E-state index in [2.05, 4.69) is 17.6 Å². The molecule has 2 N–H and O–H groups in total. The highest BCUT2D eigenvalue weighted by Crippen LogP contribution is 2.61. The van der Waals surface area contributed by atoms with Crippen LogP contribution in [0.15, 0.2) is 11.8 Å². The van der Waals surface area contributed by atoms with Gasteiger partial charge in [0.1, 0.15) is 11.6 Å². The predicted molar refractivity (Wildman–Crippen MR) is 102 cm³/mol. The summed E-state index contributed by atoms with van der Waals surface area (Å²) in [5.41, 5.74) is 0.216. The molecular formula is C20H29N3O3S. The van der Waals surface area contributed by atoms with Gasteiger partial charge in [-0.3, -0.25) is 4.79 Å². The molecule has 1 aliphatic heterocycles. The number of hydrogen-bond acceptors (Lipinski definition) is 5. The van der Waals surface area contributed by atoms with Gasteiger partial charge in [-0.1, -0.05) is 0 Å². The van der Waals surface area contributed by atoms with Gasteiger partial charge in [0.05, 0.1) is 11.5 Å². The van der Waals surface area contributed by atoms with Crippen LogP contribution in [0, 0.1) is 34.5 Å². The Morgan fingerprint density at radius 3 is 2.26 bits per heavy atom. The van der Waals surface area contributed by atoms with Crippen molar-refractivity contribution in [2.75, 3.05) is 11.5 Å². The first-order chi connectivity index (χ1) is 12.8. The van der Waals surface area contributed by atoms with Crippen LogP contribution >= 0.6 is 0 Å². The molecule has 0 aromatic carbocycles. The van der Waals surface area contributed by atoms with Crippen LogP contribution in [0.1, 0.15) is 51.9 Å². The van der Waals surface area contributed by atoms with E-state index in [4.69, 9.17) is 0 Å². The Balaban J connectivity index is 1.39. The van der Waals surface area contributed by atoms with Crippen molar-refractivity contribution in [2.24, 2.45) is 23.2 Å². The fourth-order valence-electron chi connectivity index (χ4n) is 6.41. The second-order valence-corrected chi connectivity index (χ2v) is 11.6. The summed E-state index contributed by atoms with van der Waals surface area (Å²) in [6, 6.07) is 1.80. The average molecular weight is 392 g/mol. The molecule has 27 heavy (non-hydrogen) atoms. The van der Waals surface area contributed by atoms with Crippen molar-refractivity contribution >= 4 is 15.7 Å². The lowest BCUT2D eigenvalue weighted by Crippen LogP contribution is -2.56. The van der Waals surface area contributed by atoms with Gasteiger partial charge in [-0.2, -0.15) is 5.26 Å². The molecule has 5 fully saturated rings. The van der Waals surface area contributed by atoms with Gasteiger partial charge in [0, 0.05) is 18.3 Å². The summed E-state index contributed by atoms with van der Waals surface area (Å²) in [5, 5.41) is 15.4. The van der Waals surface area contributed by atoms with Crippen LogP contribution < -0.4 is 10.6 Å². The summed E-state index contributed by atoms with van der Waals surface area (Å²) in [7, 11) is -2.99. The summed E-state index contributed by atoms with van der Waals surface area (Å²) in [4.78, 5) is 12.6. The first-order valence-corrected chi connectivity index (χ1v) is 12.0. The highest BCUT2D eigenvalue weighted by molar-refractivity contribution is 7.91. The summed E-state index contributed by atoms with van der Waals surface area (Å²) in [6.45, 7) is 2.09. The highest BCUT2D eigenvalue weighted by Gasteiger charge is 2.53. The zero-order valence-electron chi connectivity index (χ0n) is 15.9. The summed E-state index contributed by atoms with van der Waals surface area (Å²) < 4.78 is 23.1. The Bertz CT molecular complexity index is 760. The van der Waals surface area contributed by atoms with Gasteiger partial charge in [0.15, 0.2) is 9.84 Å². The Hall–Kier alpha value is -1.55. The molecule has 1 heterocycles. The van der Waals surface area contributed by atoms with Gasteiger partial charge in [-0.05, 0) is 75.0 Å². The number of rotatable bonds is 5. The van der Waals surface area contributed by atoms with Crippen LogP contribution in [0.5, 0.6) is 0 Å². The Morgan fingerprint density at radius 2 is 1.78 bits per heavy atom. The third-order valence-electron chi connectivity index (χ3n) is 7.41. The van der Waals surface area contributed by atoms with Gasteiger partial charge in [0.25, 0.3) is 5.91 Å². The molecule has 1 amide bonds. The lowest BCUT2D eigenvalue weighted by Gasteiger charge is -2.59. The summed E-state index contributed by atoms with van der Waals surface area (Å²) in [6.07, 6.45) is 9.58. The molecule has 148 valence electrons. The molecule has 4 aliphatic carbocycles. The van der Waals surface area contributed by atoms with Crippen LogP contribution in [-0.4, -0.2) is 37.9 Å². The average Bonchev–Trinajstić information content (AvgIpc) is 2.93. The monoisotopic (exact) mass is 391 g/mol. The number of carbonyl (C=O) groups excluding carboxylic acids is 1. The van der Waals surface area contributed by atoms with E-state index in [-0.39, 0.29) is 40.5 Å². The molecule has 0 aromatic heterocycles. The number of hydrogen-bond donors (Lipinski definition) is 2. The zero-order valence-corrected chi connectivity index (χ0v) is 16.7. The van der Waals surface area contributed by atoms with Crippen molar-refractivity contribution in [2.45, 2.75) is 64.0 Å². The molecule has 2 unspecified atom stereocenters. The van der Waals surface area contributed by atoms with Crippen molar-refractivity contribution in [1.29, 1.82) is 5.26 Å². The van der Waals surface area contributed by atoms with Crippen molar-refractivity contribution in [3.05, 3.63) is 11.8 Å². The van der Waals surface area contributed by atoms with E-state index in [1.807, 2.05) is 6.07 Å². The van der Waals surface area contributed by atoms with Crippen molar-refractivity contribution in [3.63, 3.8) is 0 Å². The second kappa shape index (κ2) is 6.80. The third-order valence-corrected chi connectivity index (χ3v) is 9.18. The quantitative estimate of drug-likeness (QED) is 0.551. The van der Waals surface area contributed by atoms with Gasteiger partial charge in [-0.25, -0.2) is 8.42 Å². The minimum absolute atomic E-state index is 0.0240. The van der Waals surface area contributed by atoms with Crippen LogP contribution in [0.3, 0.4) is 0 Å². The number of carbonyl (C=O) groups is 1. The van der Waals surface area contributed by atoms with Gasteiger partial charge in [0.2, 0.25) is 0 Å². The fourth-order valence-corrected chi connectivity index (χ4v) is 8.10. The lowest BCUT2D eigenvalue weighted by molar-refractivity contribution is -0.122. The van der Waals surface area contributed by atoms with Crippen LogP contribution in [0.25, 0.3) is 0 Å². The normalized spacial score (nSPS) is 40.4. The van der Waals surface area contributed by atoms with Crippen molar-refractivity contribution < 1.29 is 13.2 Å². The molecule has 4 saturated carbocycles. The largest absolute Gasteiger partial charge is 0.386 e. The van der Waals surface area contributed by atoms with Gasteiger partial charge < -0.3 is 10.6 Å². The lowest BCUT2D eigenvalue weighted by atomic mass is 9.48. The number of nitrogens with zero attached hydrogens (tertiary/aromatic N) is 1. The molecule has 1 saturated heterocycles. The summed E-state index contributed by atoms with van der Waals surface area (Å²) >= 11 is 0. The molecule has 6 nitrogen and oxygen atoms in total. The van der Waals surface area contributed by atoms with E-state index < -0.39 is 9.84 Å². The highest BCUT2D eigenvalue weighted by atomic mass is 32.2. The van der Waals surface area contributed by atoms with Crippen LogP contribution in [-0.2, 0) is 14.6 Å². The molecule has 0 radical (unpaired) electrons. The fraction of sp³-hybridized carbons (Fsp3) is 0.800. The maximum absolute atomic E-state index is 12.6. The number of amides is 1. The Kier molecular flexibility index (Phi) is 4.74. The van der Waals surface area contributed by atoms with Crippen molar-refractivity contribution in [1.82, 2.24) is 10.6 Å². The standard InChI is InChI=1S/C20H29N3O3S/c1-13(20-7-14-4-15(8-20)6-16(5-14)9-20)23-19(24)17(10-21)11-22-18-2-3-27(25,26)12-18/h11,13-16,18,22H,2-9,12H2,1H3,(H,23,24)/b17-11-. The van der Waals surface area contributed by atoms with E-state index in [0.717, 1.165) is 17.8 Å². The van der Waals surface area contributed by atoms with Gasteiger partial charge in [-0.15, -0.1) is 0 Å². The molecule has 2 atom stereocenters. The van der Waals surface area contributed by atoms with Crippen molar-refractivity contribution in [3.8, 4) is 6.07 Å². The molecule has 0 spiro atoms. The molecule has 4 bridgehead atoms. The maximum Gasteiger partial charge on any atom is 0.263 e. The van der Waals surface area contributed by atoms with E-state index in [9.17, 15) is 18.5 Å². The first-order valence-electron chi connectivity index (χ1n) is 10.2. The smallest absolute Gasteiger partial charge is 0.263 e. The van der Waals surface area contributed by atoms with E-state index >= 15 is 0 Å².